The Bertz CT molecular complexity index is 418. The van der Waals surface area contributed by atoms with Gasteiger partial charge in [-0.15, -0.1) is 0 Å². The summed E-state index contributed by atoms with van der Waals surface area (Å²) in [7, 11) is 1.15. The molecule has 0 fully saturated rings. The topological polar surface area (TPSA) is 52.6 Å². The average molecular weight is 244 g/mol. The summed E-state index contributed by atoms with van der Waals surface area (Å²) in [4.78, 5) is 21.9. The second-order valence-corrected chi connectivity index (χ2v) is 3.07. The van der Waals surface area contributed by atoms with Gasteiger partial charge in [-0.05, 0) is 18.2 Å². The van der Waals surface area contributed by atoms with Crippen molar-refractivity contribution >= 4 is 12.3 Å². The molecular weight excluding hydrogens is 234 g/mol. The van der Waals surface area contributed by atoms with Crippen molar-refractivity contribution in [1.82, 2.24) is 0 Å². The summed E-state index contributed by atoms with van der Waals surface area (Å²) in [5.41, 5.74) is 0.174. The molecule has 0 aliphatic heterocycles. The van der Waals surface area contributed by atoms with Gasteiger partial charge in [0.25, 0.3) is 6.43 Å². The number of esters is 1. The van der Waals surface area contributed by atoms with Crippen LogP contribution in [-0.2, 0) is 4.74 Å². The fraction of sp³-hybridized carbons (Fsp3) is 0.273. The first-order valence-corrected chi connectivity index (χ1v) is 4.67. The Morgan fingerprint density at radius 2 is 2.18 bits per heavy atom. The van der Waals surface area contributed by atoms with Crippen molar-refractivity contribution in [3.05, 3.63) is 29.3 Å². The highest BCUT2D eigenvalue weighted by molar-refractivity contribution is 5.94. The van der Waals surface area contributed by atoms with Crippen LogP contribution in [0.1, 0.15) is 20.7 Å². The van der Waals surface area contributed by atoms with Crippen LogP contribution in [0, 0.1) is 0 Å². The monoisotopic (exact) mass is 244 g/mol. The summed E-state index contributed by atoms with van der Waals surface area (Å²) in [6.07, 6.45) is -2.12. The molecule has 1 aromatic carbocycles. The molecule has 17 heavy (non-hydrogen) atoms. The van der Waals surface area contributed by atoms with E-state index in [0.717, 1.165) is 7.11 Å². The maximum atomic E-state index is 12.0. The third-order valence-corrected chi connectivity index (χ3v) is 1.91. The first-order chi connectivity index (χ1) is 8.08. The van der Waals surface area contributed by atoms with Gasteiger partial charge in [-0.3, -0.25) is 4.79 Å². The molecule has 0 aliphatic carbocycles. The van der Waals surface area contributed by atoms with Crippen LogP contribution in [0.4, 0.5) is 8.78 Å². The average Bonchev–Trinajstić information content (AvgIpc) is 2.35. The number of hydrogen-bond donors (Lipinski definition) is 0. The molecule has 1 rings (SSSR count). The van der Waals surface area contributed by atoms with Crippen LogP contribution in [0.3, 0.4) is 0 Å². The smallest absolute Gasteiger partial charge is 0.341 e. The van der Waals surface area contributed by atoms with E-state index in [2.05, 4.69) is 4.74 Å². The zero-order valence-corrected chi connectivity index (χ0v) is 8.98. The van der Waals surface area contributed by atoms with Crippen molar-refractivity contribution in [3.63, 3.8) is 0 Å². The van der Waals surface area contributed by atoms with Crippen LogP contribution in [0.25, 0.3) is 0 Å². The van der Waals surface area contributed by atoms with Gasteiger partial charge < -0.3 is 9.47 Å². The first-order valence-electron chi connectivity index (χ1n) is 4.67. The highest BCUT2D eigenvalue weighted by Crippen LogP contribution is 2.21. The maximum Gasteiger partial charge on any atom is 0.341 e. The number of alkyl halides is 2. The van der Waals surface area contributed by atoms with E-state index in [1.165, 1.54) is 18.2 Å². The van der Waals surface area contributed by atoms with E-state index in [-0.39, 0.29) is 16.9 Å². The molecule has 92 valence electrons. The van der Waals surface area contributed by atoms with Crippen LogP contribution in [0.5, 0.6) is 5.75 Å². The summed E-state index contributed by atoms with van der Waals surface area (Å²) in [5, 5.41) is 0. The molecule has 0 aromatic heterocycles. The third-order valence-electron chi connectivity index (χ3n) is 1.91. The van der Waals surface area contributed by atoms with Crippen LogP contribution in [0.15, 0.2) is 18.2 Å². The van der Waals surface area contributed by atoms with Gasteiger partial charge in [0.1, 0.15) is 24.2 Å². The Balaban J connectivity index is 3.02. The highest BCUT2D eigenvalue weighted by Gasteiger charge is 2.15. The van der Waals surface area contributed by atoms with Crippen molar-refractivity contribution in [2.75, 3.05) is 13.7 Å². The predicted octanol–water partition coefficient (Wildman–Crippen LogP) is 1.93. The second kappa shape index (κ2) is 5.93. The molecule has 0 atom stereocenters. The molecule has 6 heteroatoms. The lowest BCUT2D eigenvalue weighted by Gasteiger charge is -2.10. The van der Waals surface area contributed by atoms with E-state index in [0.29, 0.717) is 6.29 Å². The molecule has 0 unspecified atom stereocenters. The van der Waals surface area contributed by atoms with E-state index in [1.807, 2.05) is 0 Å². The SMILES string of the molecule is COC(=O)c1cc(C=O)ccc1OCC(F)F. The third kappa shape index (κ3) is 3.51. The van der Waals surface area contributed by atoms with Gasteiger partial charge >= 0.3 is 5.97 Å². The highest BCUT2D eigenvalue weighted by atomic mass is 19.3. The van der Waals surface area contributed by atoms with E-state index >= 15 is 0 Å². The van der Waals surface area contributed by atoms with Gasteiger partial charge in [0.15, 0.2) is 0 Å². The van der Waals surface area contributed by atoms with Crippen molar-refractivity contribution in [3.8, 4) is 5.75 Å². The van der Waals surface area contributed by atoms with Crippen LogP contribution >= 0.6 is 0 Å². The lowest BCUT2D eigenvalue weighted by molar-refractivity contribution is 0.0578. The quantitative estimate of drug-likeness (QED) is 0.586. The fourth-order valence-electron chi connectivity index (χ4n) is 1.17. The van der Waals surface area contributed by atoms with Crippen molar-refractivity contribution in [2.24, 2.45) is 0 Å². The number of rotatable bonds is 5. The Morgan fingerprint density at radius 1 is 1.47 bits per heavy atom. The largest absolute Gasteiger partial charge is 0.487 e. The summed E-state index contributed by atoms with van der Waals surface area (Å²) >= 11 is 0. The van der Waals surface area contributed by atoms with Crippen LogP contribution < -0.4 is 4.74 Å². The Kier molecular flexibility index (Phi) is 4.56. The van der Waals surface area contributed by atoms with Crippen molar-refractivity contribution < 1.29 is 27.8 Å². The molecule has 0 spiro atoms. The minimum absolute atomic E-state index is 0.0391. The number of methoxy groups -OCH3 is 1. The predicted molar refractivity (Wildman–Crippen MR) is 54.7 cm³/mol. The Labute approximate surface area is 96.1 Å². The zero-order chi connectivity index (χ0) is 12.8. The van der Waals surface area contributed by atoms with Crippen LogP contribution in [-0.4, -0.2) is 32.4 Å². The van der Waals surface area contributed by atoms with Gasteiger partial charge in [0.05, 0.1) is 7.11 Å². The fourth-order valence-corrected chi connectivity index (χ4v) is 1.17. The van der Waals surface area contributed by atoms with Crippen molar-refractivity contribution in [1.29, 1.82) is 0 Å². The van der Waals surface area contributed by atoms with Crippen molar-refractivity contribution in [2.45, 2.75) is 6.43 Å². The number of ether oxygens (including phenoxy) is 2. The summed E-state index contributed by atoms with van der Waals surface area (Å²) in [6, 6.07) is 3.86. The minimum atomic E-state index is -2.65. The lowest BCUT2D eigenvalue weighted by atomic mass is 10.1. The van der Waals surface area contributed by atoms with Gasteiger partial charge in [-0.2, -0.15) is 0 Å². The standard InChI is InChI=1S/C11H10F2O4/c1-16-11(15)8-4-7(5-14)2-3-9(8)17-6-10(12)13/h2-5,10H,6H2,1H3. The van der Waals surface area contributed by atoms with Crippen LogP contribution in [0.2, 0.25) is 0 Å². The first kappa shape index (κ1) is 13.1. The summed E-state index contributed by atoms with van der Waals surface area (Å²) in [5.74, 6) is -0.791. The van der Waals surface area contributed by atoms with E-state index in [4.69, 9.17) is 4.74 Å². The number of carbonyl (C=O) groups is 2. The molecule has 0 saturated heterocycles. The molecule has 0 radical (unpaired) electrons. The minimum Gasteiger partial charge on any atom is -0.487 e. The molecule has 0 N–H and O–H groups in total. The normalized spacial score (nSPS) is 10.1. The maximum absolute atomic E-state index is 12.0. The molecule has 0 amide bonds. The second-order valence-electron chi connectivity index (χ2n) is 3.07. The number of benzene rings is 1. The number of carbonyl (C=O) groups excluding carboxylic acids is 2. The number of hydrogen-bond acceptors (Lipinski definition) is 4. The van der Waals surface area contributed by atoms with Gasteiger partial charge in [0, 0.05) is 5.56 Å². The van der Waals surface area contributed by atoms with E-state index < -0.39 is 19.0 Å². The number of halogens is 2. The van der Waals surface area contributed by atoms with Gasteiger partial charge in [-0.25, -0.2) is 13.6 Å². The Morgan fingerprint density at radius 3 is 2.71 bits per heavy atom. The molecule has 0 heterocycles. The molecule has 4 nitrogen and oxygen atoms in total. The lowest BCUT2D eigenvalue weighted by Crippen LogP contribution is -2.11. The van der Waals surface area contributed by atoms with Gasteiger partial charge in [0.2, 0.25) is 0 Å². The van der Waals surface area contributed by atoms with E-state index in [1.54, 1.807) is 0 Å². The molecular formula is C11H10F2O4. The number of aldehydes is 1. The summed E-state index contributed by atoms with van der Waals surface area (Å²) in [6.45, 7) is -0.829. The summed E-state index contributed by atoms with van der Waals surface area (Å²) < 4.78 is 33.2. The molecule has 0 aliphatic rings. The van der Waals surface area contributed by atoms with Gasteiger partial charge in [-0.1, -0.05) is 0 Å². The molecule has 0 saturated carbocycles. The van der Waals surface area contributed by atoms with E-state index in [9.17, 15) is 18.4 Å². The zero-order valence-electron chi connectivity index (χ0n) is 8.98. The molecule has 0 bridgehead atoms. The molecule has 1 aromatic rings. The Hall–Kier alpha value is -1.98.